The van der Waals surface area contributed by atoms with Crippen LogP contribution in [0.3, 0.4) is 0 Å². The zero-order valence-electron chi connectivity index (χ0n) is 15.8. The maximum Gasteiger partial charge on any atom is 0.0959 e. The Hall–Kier alpha value is -0.650. The van der Waals surface area contributed by atoms with Gasteiger partial charge in [-0.2, -0.15) is 0 Å². The molecule has 2 fully saturated rings. The van der Waals surface area contributed by atoms with Gasteiger partial charge in [-0.25, -0.2) is 4.98 Å². The Kier molecular flexibility index (Phi) is 9.03. The average molecular weight is 428 g/mol. The van der Waals surface area contributed by atoms with E-state index in [-0.39, 0.29) is 24.8 Å². The molecule has 0 amide bonds. The molecule has 0 spiro atoms. The van der Waals surface area contributed by atoms with Gasteiger partial charge in [-0.3, -0.25) is 4.90 Å². The molecule has 2 atom stereocenters. The molecule has 3 nitrogen and oxygen atoms in total. The third-order valence-corrected chi connectivity index (χ3v) is 7.01. The lowest BCUT2D eigenvalue weighted by Gasteiger charge is -2.19. The first-order chi connectivity index (χ1) is 12.3. The second kappa shape index (κ2) is 10.8. The van der Waals surface area contributed by atoms with Gasteiger partial charge < -0.3 is 5.73 Å². The largest absolute Gasteiger partial charge is 0.330 e. The summed E-state index contributed by atoms with van der Waals surface area (Å²) in [4.78, 5) is 7.54. The topological polar surface area (TPSA) is 42.1 Å². The van der Waals surface area contributed by atoms with Crippen molar-refractivity contribution in [1.29, 1.82) is 0 Å². The van der Waals surface area contributed by atoms with Crippen LogP contribution in [0.15, 0.2) is 35.7 Å². The van der Waals surface area contributed by atoms with Crippen LogP contribution in [0, 0.1) is 5.92 Å². The second-order valence-corrected chi connectivity index (χ2v) is 8.61. The first-order valence-electron chi connectivity index (χ1n) is 9.75. The molecule has 2 aliphatic rings. The Bertz CT molecular complexity index is 673. The van der Waals surface area contributed by atoms with E-state index in [4.69, 9.17) is 10.7 Å². The summed E-state index contributed by atoms with van der Waals surface area (Å²) in [6.07, 6.45) is 6.83. The average Bonchev–Trinajstić information content (AvgIpc) is 3.30. The van der Waals surface area contributed by atoms with Gasteiger partial charge in [-0.1, -0.05) is 49.6 Å². The summed E-state index contributed by atoms with van der Waals surface area (Å²) in [6, 6.07) is 10.9. The number of hydrogen-bond donors (Lipinski definition) is 1. The minimum absolute atomic E-state index is 0. The van der Waals surface area contributed by atoms with E-state index < -0.39 is 0 Å². The van der Waals surface area contributed by atoms with E-state index in [1.54, 1.807) is 0 Å². The molecule has 150 valence electrons. The summed E-state index contributed by atoms with van der Waals surface area (Å²) >= 11 is 1.88. The molecule has 1 saturated heterocycles. The molecule has 1 aromatic heterocycles. The highest BCUT2D eigenvalue weighted by atomic mass is 35.5. The molecule has 2 N–H and O–H groups in total. The number of hydrogen-bond acceptors (Lipinski definition) is 4. The molecule has 1 saturated carbocycles. The van der Waals surface area contributed by atoms with Crippen LogP contribution in [0.4, 0.5) is 0 Å². The van der Waals surface area contributed by atoms with E-state index in [1.807, 2.05) is 11.3 Å². The van der Waals surface area contributed by atoms with Crippen LogP contribution >= 0.6 is 36.2 Å². The van der Waals surface area contributed by atoms with Crippen molar-refractivity contribution in [3.8, 4) is 0 Å². The van der Waals surface area contributed by atoms with Gasteiger partial charge in [0.05, 0.1) is 10.7 Å². The first kappa shape index (κ1) is 22.6. The van der Waals surface area contributed by atoms with Crippen molar-refractivity contribution in [3.63, 3.8) is 0 Å². The predicted octanol–water partition coefficient (Wildman–Crippen LogP) is 5.21. The van der Waals surface area contributed by atoms with Crippen molar-refractivity contribution in [1.82, 2.24) is 9.88 Å². The molecule has 1 aromatic carbocycles. The van der Waals surface area contributed by atoms with E-state index >= 15 is 0 Å². The minimum atomic E-state index is 0. The van der Waals surface area contributed by atoms with Crippen LogP contribution in [0.2, 0.25) is 0 Å². The van der Waals surface area contributed by atoms with Gasteiger partial charge in [0.2, 0.25) is 0 Å². The molecule has 0 unspecified atom stereocenters. The minimum Gasteiger partial charge on any atom is -0.330 e. The molecular weight excluding hydrogens is 397 g/mol. The lowest BCUT2D eigenvalue weighted by Crippen LogP contribution is -2.23. The third kappa shape index (κ3) is 5.45. The van der Waals surface area contributed by atoms with Crippen molar-refractivity contribution in [2.45, 2.75) is 50.5 Å². The van der Waals surface area contributed by atoms with E-state index in [0.29, 0.717) is 11.8 Å². The molecule has 2 aromatic rings. The summed E-state index contributed by atoms with van der Waals surface area (Å²) in [5.74, 6) is 1.83. The molecule has 27 heavy (non-hydrogen) atoms. The smallest absolute Gasteiger partial charge is 0.0959 e. The first-order valence-corrected chi connectivity index (χ1v) is 10.6. The number of thiazole rings is 1. The van der Waals surface area contributed by atoms with Crippen LogP contribution in [-0.4, -0.2) is 29.5 Å². The lowest BCUT2D eigenvalue weighted by molar-refractivity contribution is 0.313. The number of nitrogens with two attached hydrogens (primary N) is 1. The summed E-state index contributed by atoms with van der Waals surface area (Å²) < 4.78 is 0. The molecule has 6 heteroatoms. The summed E-state index contributed by atoms with van der Waals surface area (Å²) in [5.41, 5.74) is 8.77. The monoisotopic (exact) mass is 427 g/mol. The third-order valence-electron chi connectivity index (χ3n) is 5.96. The van der Waals surface area contributed by atoms with Gasteiger partial charge in [0.25, 0.3) is 0 Å². The van der Waals surface area contributed by atoms with Gasteiger partial charge >= 0.3 is 0 Å². The van der Waals surface area contributed by atoms with Crippen molar-refractivity contribution in [2.24, 2.45) is 11.7 Å². The number of benzene rings is 1. The Balaban J connectivity index is 0.00000131. The fourth-order valence-electron chi connectivity index (χ4n) is 4.57. The molecule has 2 heterocycles. The fourth-order valence-corrected chi connectivity index (χ4v) is 5.55. The Morgan fingerprint density at radius 2 is 1.78 bits per heavy atom. The lowest BCUT2D eigenvalue weighted by atomic mass is 9.89. The van der Waals surface area contributed by atoms with Crippen molar-refractivity contribution in [2.75, 3.05) is 19.6 Å². The highest BCUT2D eigenvalue weighted by molar-refractivity contribution is 7.09. The van der Waals surface area contributed by atoms with Crippen LogP contribution in [0.25, 0.3) is 0 Å². The normalized spacial score (nSPS) is 23.6. The molecule has 1 aliphatic heterocycles. The number of likely N-dealkylation sites (tertiary alicyclic amines) is 1. The van der Waals surface area contributed by atoms with E-state index in [9.17, 15) is 0 Å². The maximum atomic E-state index is 6.08. The van der Waals surface area contributed by atoms with Gasteiger partial charge in [0.15, 0.2) is 0 Å². The summed E-state index contributed by atoms with van der Waals surface area (Å²) in [5, 5.41) is 3.67. The number of nitrogens with zero attached hydrogens (tertiary/aromatic N) is 2. The van der Waals surface area contributed by atoms with Crippen molar-refractivity contribution < 1.29 is 0 Å². The highest BCUT2D eigenvalue weighted by Gasteiger charge is 2.33. The molecular formula is C21H31Cl2N3S. The van der Waals surface area contributed by atoms with Crippen LogP contribution in [-0.2, 0) is 6.54 Å². The number of aromatic nitrogens is 1. The van der Waals surface area contributed by atoms with Crippen LogP contribution < -0.4 is 5.73 Å². The van der Waals surface area contributed by atoms with Crippen molar-refractivity contribution in [3.05, 3.63) is 52.0 Å². The molecule has 1 aliphatic carbocycles. The van der Waals surface area contributed by atoms with Crippen LogP contribution in [0.5, 0.6) is 0 Å². The second-order valence-electron chi connectivity index (χ2n) is 7.72. The van der Waals surface area contributed by atoms with Crippen molar-refractivity contribution >= 4 is 36.2 Å². The molecule has 0 radical (unpaired) electrons. The van der Waals surface area contributed by atoms with Gasteiger partial charge in [-0.15, -0.1) is 36.2 Å². The molecule has 0 bridgehead atoms. The predicted molar refractivity (Wildman–Crippen MR) is 119 cm³/mol. The summed E-state index contributed by atoms with van der Waals surface area (Å²) in [6.45, 7) is 3.93. The Labute approximate surface area is 179 Å². The zero-order valence-corrected chi connectivity index (χ0v) is 18.2. The zero-order chi connectivity index (χ0) is 17.1. The van der Waals surface area contributed by atoms with Gasteiger partial charge in [-0.05, 0) is 30.9 Å². The Morgan fingerprint density at radius 1 is 1.04 bits per heavy atom. The molecule has 4 rings (SSSR count). The Morgan fingerprint density at radius 3 is 2.48 bits per heavy atom. The highest BCUT2D eigenvalue weighted by Crippen LogP contribution is 2.36. The van der Waals surface area contributed by atoms with Crippen LogP contribution in [0.1, 0.15) is 60.2 Å². The van der Waals surface area contributed by atoms with Gasteiger partial charge in [0.1, 0.15) is 0 Å². The maximum absolute atomic E-state index is 6.08. The van der Waals surface area contributed by atoms with E-state index in [0.717, 1.165) is 32.1 Å². The number of halogens is 2. The van der Waals surface area contributed by atoms with Gasteiger partial charge in [0, 0.05) is 36.9 Å². The summed E-state index contributed by atoms with van der Waals surface area (Å²) in [7, 11) is 0. The van der Waals surface area contributed by atoms with E-state index in [2.05, 4.69) is 40.6 Å². The fraction of sp³-hybridized carbons (Fsp3) is 0.571. The standard InChI is InChI=1S/C21H29N3S.2ClH/c22-11-18-12-24(14-20(18)16-7-3-1-4-8-16)13-19-15-25-21(23-19)17-9-5-2-6-10-17;;/h1,3-4,7-8,15,17-18,20H,2,5-6,9-14,22H2;2*1H/t18-,20+;;/m1../s1. The number of rotatable bonds is 5. The SMILES string of the molecule is Cl.Cl.NC[C@@H]1CN(Cc2csc(C3CCCCC3)n2)C[C@H]1c1ccccc1. The van der Waals surface area contributed by atoms with E-state index in [1.165, 1.54) is 48.4 Å². The quantitative estimate of drug-likeness (QED) is 0.711.